The number of likely N-dealkylation sites (N-methyl/N-ethyl adjacent to an activating group) is 1. The van der Waals surface area contributed by atoms with E-state index in [1.165, 1.54) is 6.07 Å². The van der Waals surface area contributed by atoms with E-state index in [-0.39, 0.29) is 18.1 Å². The minimum absolute atomic E-state index is 0.114. The Bertz CT molecular complexity index is 479. The smallest absolute Gasteiger partial charge is 0.339 e. The second kappa shape index (κ2) is 6.63. The molecule has 2 amide bonds. The zero-order valence-corrected chi connectivity index (χ0v) is 11.1. The van der Waals surface area contributed by atoms with Gasteiger partial charge in [-0.3, -0.25) is 0 Å². The Morgan fingerprint density at radius 1 is 1.58 bits per heavy atom. The van der Waals surface area contributed by atoms with Crippen molar-refractivity contribution in [3.63, 3.8) is 0 Å². The van der Waals surface area contributed by atoms with Gasteiger partial charge < -0.3 is 19.7 Å². The number of carboxylic acids is 1. The molecule has 0 aliphatic carbocycles. The Morgan fingerprint density at radius 2 is 2.26 bits per heavy atom. The molecule has 0 bridgehead atoms. The molecule has 0 saturated carbocycles. The summed E-state index contributed by atoms with van der Waals surface area (Å²) in [5.74, 6) is -0.297. The fourth-order valence-electron chi connectivity index (χ4n) is 1.63. The molecule has 0 aliphatic rings. The van der Waals surface area contributed by atoms with Crippen LogP contribution in [0.4, 0.5) is 4.79 Å². The van der Waals surface area contributed by atoms with E-state index in [1.807, 2.05) is 6.92 Å². The van der Waals surface area contributed by atoms with E-state index >= 15 is 0 Å². The Kier molecular flexibility index (Phi) is 5.17. The lowest BCUT2D eigenvalue weighted by Gasteiger charge is -2.18. The van der Waals surface area contributed by atoms with Crippen LogP contribution >= 0.6 is 0 Å². The Labute approximate surface area is 111 Å². The van der Waals surface area contributed by atoms with Crippen molar-refractivity contribution in [1.82, 2.24) is 10.2 Å². The standard InChI is InChI=1S/C13H18N2O4/c1-4-6-15(5-2)13(18)14-8-10-7-11(12(16)17)9(3)19-10/h4,7H,1,5-6,8H2,2-3H3,(H,14,18)(H,16,17). The summed E-state index contributed by atoms with van der Waals surface area (Å²) in [6.07, 6.45) is 1.64. The van der Waals surface area contributed by atoms with Crippen molar-refractivity contribution in [2.75, 3.05) is 13.1 Å². The zero-order chi connectivity index (χ0) is 14.4. The van der Waals surface area contributed by atoms with Gasteiger partial charge in [-0.25, -0.2) is 9.59 Å². The number of amides is 2. The minimum Gasteiger partial charge on any atom is -0.478 e. The van der Waals surface area contributed by atoms with Gasteiger partial charge in [0.2, 0.25) is 0 Å². The number of hydrogen-bond acceptors (Lipinski definition) is 3. The van der Waals surface area contributed by atoms with Gasteiger partial charge in [0.1, 0.15) is 17.1 Å². The topological polar surface area (TPSA) is 82.8 Å². The predicted octanol–water partition coefficient (Wildman–Crippen LogP) is 2.00. The number of carbonyl (C=O) groups excluding carboxylic acids is 1. The highest BCUT2D eigenvalue weighted by atomic mass is 16.4. The van der Waals surface area contributed by atoms with E-state index in [2.05, 4.69) is 11.9 Å². The van der Waals surface area contributed by atoms with Gasteiger partial charge in [-0.2, -0.15) is 0 Å². The van der Waals surface area contributed by atoms with Crippen molar-refractivity contribution in [3.05, 3.63) is 35.8 Å². The summed E-state index contributed by atoms with van der Waals surface area (Å²) in [6, 6.07) is 1.18. The summed E-state index contributed by atoms with van der Waals surface area (Å²) in [5.41, 5.74) is 0.114. The molecule has 0 saturated heterocycles. The summed E-state index contributed by atoms with van der Waals surface area (Å²) < 4.78 is 5.27. The molecule has 104 valence electrons. The molecule has 0 radical (unpaired) electrons. The van der Waals surface area contributed by atoms with Crippen LogP contribution in [0, 0.1) is 6.92 Å². The van der Waals surface area contributed by atoms with Crippen molar-refractivity contribution >= 4 is 12.0 Å². The third kappa shape index (κ3) is 3.87. The van der Waals surface area contributed by atoms with E-state index in [0.717, 1.165) is 0 Å². The average molecular weight is 266 g/mol. The van der Waals surface area contributed by atoms with Crippen molar-refractivity contribution in [2.24, 2.45) is 0 Å². The van der Waals surface area contributed by atoms with Gasteiger partial charge in [-0.1, -0.05) is 6.08 Å². The number of aryl methyl sites for hydroxylation is 1. The predicted molar refractivity (Wildman–Crippen MR) is 70.1 cm³/mol. The molecule has 0 spiro atoms. The third-order valence-corrected chi connectivity index (χ3v) is 2.63. The molecule has 1 heterocycles. The molecule has 1 aromatic heterocycles. The highest BCUT2D eigenvalue weighted by Gasteiger charge is 2.15. The monoisotopic (exact) mass is 266 g/mol. The molecule has 0 atom stereocenters. The van der Waals surface area contributed by atoms with E-state index in [1.54, 1.807) is 17.9 Å². The van der Waals surface area contributed by atoms with Gasteiger partial charge in [0.05, 0.1) is 6.54 Å². The second-order valence-corrected chi connectivity index (χ2v) is 3.97. The number of urea groups is 1. The van der Waals surface area contributed by atoms with E-state index in [9.17, 15) is 9.59 Å². The van der Waals surface area contributed by atoms with Crippen LogP contribution in [-0.2, 0) is 6.54 Å². The fourth-order valence-corrected chi connectivity index (χ4v) is 1.63. The maximum Gasteiger partial charge on any atom is 0.339 e. The quantitative estimate of drug-likeness (QED) is 0.771. The molecule has 6 heteroatoms. The lowest BCUT2D eigenvalue weighted by molar-refractivity contribution is 0.0695. The summed E-state index contributed by atoms with van der Waals surface area (Å²) in [6.45, 7) is 8.19. The highest BCUT2D eigenvalue weighted by molar-refractivity contribution is 5.88. The molecule has 1 aromatic rings. The first-order valence-electron chi connectivity index (χ1n) is 5.95. The number of carboxylic acid groups (broad SMARTS) is 1. The first-order chi connectivity index (χ1) is 8.99. The molecular weight excluding hydrogens is 248 g/mol. The van der Waals surface area contributed by atoms with Crippen LogP contribution in [-0.4, -0.2) is 35.1 Å². The summed E-state index contributed by atoms with van der Waals surface area (Å²) in [5, 5.41) is 11.6. The molecule has 2 N–H and O–H groups in total. The van der Waals surface area contributed by atoms with Gasteiger partial charge in [0.15, 0.2) is 0 Å². The van der Waals surface area contributed by atoms with Crippen molar-refractivity contribution < 1.29 is 19.1 Å². The number of nitrogens with zero attached hydrogens (tertiary/aromatic N) is 1. The van der Waals surface area contributed by atoms with Crippen LogP contribution in [0.3, 0.4) is 0 Å². The van der Waals surface area contributed by atoms with E-state index in [0.29, 0.717) is 24.6 Å². The Balaban J connectivity index is 2.61. The molecular formula is C13H18N2O4. The number of nitrogens with one attached hydrogen (secondary N) is 1. The molecule has 0 fully saturated rings. The lowest BCUT2D eigenvalue weighted by Crippen LogP contribution is -2.39. The van der Waals surface area contributed by atoms with E-state index < -0.39 is 5.97 Å². The molecule has 1 rings (SSSR count). The van der Waals surface area contributed by atoms with Gasteiger partial charge in [-0.15, -0.1) is 6.58 Å². The average Bonchev–Trinajstić information content (AvgIpc) is 2.74. The van der Waals surface area contributed by atoms with Gasteiger partial charge in [0, 0.05) is 13.1 Å². The Hall–Kier alpha value is -2.24. The SMILES string of the molecule is C=CCN(CC)C(=O)NCc1cc(C(=O)O)c(C)o1. The van der Waals surface area contributed by atoms with Gasteiger partial charge >= 0.3 is 12.0 Å². The summed E-state index contributed by atoms with van der Waals surface area (Å²) in [7, 11) is 0. The van der Waals surface area contributed by atoms with Gasteiger partial charge in [-0.05, 0) is 19.9 Å². The number of aromatic carboxylic acids is 1. The van der Waals surface area contributed by atoms with Crippen LogP contribution in [0.1, 0.15) is 28.8 Å². The molecule has 0 aliphatic heterocycles. The maximum absolute atomic E-state index is 11.8. The van der Waals surface area contributed by atoms with Crippen LogP contribution in [0.25, 0.3) is 0 Å². The number of carbonyl (C=O) groups is 2. The fraction of sp³-hybridized carbons (Fsp3) is 0.385. The van der Waals surface area contributed by atoms with E-state index in [4.69, 9.17) is 9.52 Å². The molecule has 6 nitrogen and oxygen atoms in total. The van der Waals surface area contributed by atoms with Gasteiger partial charge in [0.25, 0.3) is 0 Å². The van der Waals surface area contributed by atoms with Crippen molar-refractivity contribution in [2.45, 2.75) is 20.4 Å². The maximum atomic E-state index is 11.8. The summed E-state index contributed by atoms with van der Waals surface area (Å²) in [4.78, 5) is 24.2. The summed E-state index contributed by atoms with van der Waals surface area (Å²) >= 11 is 0. The minimum atomic E-state index is -1.04. The molecule has 0 aromatic carbocycles. The Morgan fingerprint density at radius 3 is 2.74 bits per heavy atom. The lowest BCUT2D eigenvalue weighted by atomic mass is 10.2. The number of furan rings is 1. The van der Waals surface area contributed by atoms with Crippen LogP contribution in [0.15, 0.2) is 23.1 Å². The first-order valence-corrected chi connectivity index (χ1v) is 5.95. The van der Waals surface area contributed by atoms with Crippen molar-refractivity contribution in [3.8, 4) is 0 Å². The van der Waals surface area contributed by atoms with Crippen LogP contribution < -0.4 is 5.32 Å². The molecule has 19 heavy (non-hydrogen) atoms. The van der Waals surface area contributed by atoms with Crippen LogP contribution in [0.2, 0.25) is 0 Å². The highest BCUT2D eigenvalue weighted by Crippen LogP contribution is 2.14. The number of rotatable bonds is 6. The zero-order valence-electron chi connectivity index (χ0n) is 11.1. The first kappa shape index (κ1) is 14.8. The largest absolute Gasteiger partial charge is 0.478 e. The third-order valence-electron chi connectivity index (χ3n) is 2.63. The van der Waals surface area contributed by atoms with Crippen molar-refractivity contribution in [1.29, 1.82) is 0 Å². The number of hydrogen-bond donors (Lipinski definition) is 2. The molecule has 0 unspecified atom stereocenters. The normalized spacial score (nSPS) is 10.0. The van der Waals surface area contributed by atoms with Crippen LogP contribution in [0.5, 0.6) is 0 Å². The second-order valence-electron chi connectivity index (χ2n) is 3.97.